The zero-order valence-electron chi connectivity index (χ0n) is 30.0. The van der Waals surface area contributed by atoms with Crippen molar-refractivity contribution in [3.05, 3.63) is 200 Å². The van der Waals surface area contributed by atoms with Crippen LogP contribution in [0.5, 0.6) is 0 Å². The first-order valence-corrected chi connectivity index (χ1v) is 19.1. The second-order valence-electron chi connectivity index (χ2n) is 14.9. The Bertz CT molecular complexity index is 3090. The lowest BCUT2D eigenvalue weighted by Crippen LogP contribution is -2.10. The fourth-order valence-electron chi connectivity index (χ4n) is 9.28. The molecule has 0 unspecified atom stereocenters. The summed E-state index contributed by atoms with van der Waals surface area (Å²) in [7, 11) is 0. The van der Waals surface area contributed by atoms with Crippen LogP contribution in [-0.4, -0.2) is 0 Å². The molecule has 12 aromatic rings. The van der Waals surface area contributed by atoms with E-state index in [0.29, 0.717) is 0 Å². The Morgan fingerprint density at radius 3 is 1.04 bits per heavy atom. The van der Waals surface area contributed by atoms with E-state index in [4.69, 9.17) is 0 Å². The maximum Gasteiger partial charge on any atom is 0.0540 e. The second-order valence-corrected chi connectivity index (χ2v) is 14.9. The van der Waals surface area contributed by atoms with Crippen LogP contribution < -0.4 is 4.90 Å². The van der Waals surface area contributed by atoms with Gasteiger partial charge in [-0.1, -0.05) is 146 Å². The van der Waals surface area contributed by atoms with E-state index in [0.717, 1.165) is 17.1 Å². The van der Waals surface area contributed by atoms with E-state index >= 15 is 0 Å². The molecule has 0 aromatic heterocycles. The van der Waals surface area contributed by atoms with Crippen molar-refractivity contribution in [1.29, 1.82) is 0 Å². The number of hydrogen-bond donors (Lipinski definition) is 0. The summed E-state index contributed by atoms with van der Waals surface area (Å²) in [6, 6.07) is 74.2. The molecule has 55 heavy (non-hydrogen) atoms. The van der Waals surface area contributed by atoms with E-state index < -0.39 is 0 Å². The van der Waals surface area contributed by atoms with Gasteiger partial charge in [0.05, 0.1) is 5.69 Å². The van der Waals surface area contributed by atoms with E-state index in [9.17, 15) is 0 Å². The summed E-state index contributed by atoms with van der Waals surface area (Å²) in [6.07, 6.45) is 0. The first-order chi connectivity index (χ1) is 27.2. The molecule has 254 valence electrons. The van der Waals surface area contributed by atoms with E-state index in [1.165, 1.54) is 97.7 Å². The van der Waals surface area contributed by atoms with Gasteiger partial charge in [0.25, 0.3) is 0 Å². The quantitative estimate of drug-likeness (QED) is 0.162. The Labute approximate surface area is 318 Å². The molecule has 0 amide bonds. The number of nitrogens with zero attached hydrogens (tertiary/aromatic N) is 1. The van der Waals surface area contributed by atoms with Gasteiger partial charge < -0.3 is 4.90 Å². The zero-order chi connectivity index (χ0) is 36.0. The summed E-state index contributed by atoms with van der Waals surface area (Å²) in [6.45, 7) is 0. The molecular formula is C54H33N. The summed E-state index contributed by atoms with van der Waals surface area (Å²) >= 11 is 0. The summed E-state index contributed by atoms with van der Waals surface area (Å²) in [5, 5.41) is 18.2. The molecule has 0 heterocycles. The fraction of sp³-hybridized carbons (Fsp3) is 0. The molecule has 1 nitrogen and oxygen atoms in total. The van der Waals surface area contributed by atoms with Crippen LogP contribution in [0.3, 0.4) is 0 Å². The van der Waals surface area contributed by atoms with Gasteiger partial charge in [0.1, 0.15) is 0 Å². The van der Waals surface area contributed by atoms with E-state index in [1.807, 2.05) is 0 Å². The summed E-state index contributed by atoms with van der Waals surface area (Å²) in [4.78, 5) is 2.40. The van der Waals surface area contributed by atoms with E-state index in [1.54, 1.807) is 0 Å². The standard InChI is InChI=1S/C54H33N/c1-2-12-49-36(6-1)7-5-13-50(49)55(47-26-22-34(23-27-47)45-30-41-18-14-37-8-3-9-38-15-19-42(31-45)53(41)51(37)38)48-28-24-35(25-29-48)46-32-43-20-16-39-10-4-11-40-17-21-44(33-46)54(43)52(39)40/h1-33H. The first-order valence-electron chi connectivity index (χ1n) is 19.1. The molecule has 0 spiro atoms. The van der Waals surface area contributed by atoms with Crippen molar-refractivity contribution in [1.82, 2.24) is 0 Å². The highest BCUT2D eigenvalue weighted by molar-refractivity contribution is 6.25. The van der Waals surface area contributed by atoms with Gasteiger partial charge in [-0.05, 0) is 147 Å². The van der Waals surface area contributed by atoms with Gasteiger partial charge in [0.15, 0.2) is 0 Å². The van der Waals surface area contributed by atoms with Crippen molar-refractivity contribution in [2.75, 3.05) is 4.90 Å². The largest absolute Gasteiger partial charge is 0.310 e. The molecular weight excluding hydrogens is 663 g/mol. The molecule has 0 aliphatic rings. The van der Waals surface area contributed by atoms with Crippen LogP contribution in [0.25, 0.3) is 97.7 Å². The maximum atomic E-state index is 2.40. The van der Waals surface area contributed by atoms with Crippen LogP contribution in [0, 0.1) is 0 Å². The summed E-state index contributed by atoms with van der Waals surface area (Å²) < 4.78 is 0. The average Bonchev–Trinajstić information content (AvgIpc) is 3.25. The average molecular weight is 696 g/mol. The second kappa shape index (κ2) is 11.6. The van der Waals surface area contributed by atoms with Crippen molar-refractivity contribution < 1.29 is 0 Å². The van der Waals surface area contributed by atoms with Gasteiger partial charge in [-0.2, -0.15) is 0 Å². The Morgan fingerprint density at radius 1 is 0.236 bits per heavy atom. The SMILES string of the molecule is c1ccc2c(N(c3ccc(-c4cc5ccc6cccc7ccc(c4)c5c67)cc3)c3ccc(-c4cc5ccc6cccc7ccc(c4)c5c67)cc3)cccc2c1. The molecule has 12 rings (SSSR count). The normalized spacial score (nSPS) is 12.0. The molecule has 0 radical (unpaired) electrons. The lowest BCUT2D eigenvalue weighted by atomic mass is 9.91. The number of fused-ring (bicyclic) bond motifs is 1. The van der Waals surface area contributed by atoms with Crippen molar-refractivity contribution >= 4 is 92.5 Å². The molecule has 0 N–H and O–H groups in total. The lowest BCUT2D eigenvalue weighted by molar-refractivity contribution is 1.30. The monoisotopic (exact) mass is 695 g/mol. The predicted octanol–water partition coefficient (Wildman–Crippen LogP) is 15.4. The van der Waals surface area contributed by atoms with Crippen molar-refractivity contribution in [2.24, 2.45) is 0 Å². The molecule has 0 fully saturated rings. The Hall–Kier alpha value is -7.22. The van der Waals surface area contributed by atoms with Crippen LogP contribution in [0.4, 0.5) is 17.1 Å². The highest BCUT2D eigenvalue weighted by atomic mass is 15.1. The Morgan fingerprint density at radius 2 is 0.582 bits per heavy atom. The molecule has 0 saturated heterocycles. The highest BCUT2D eigenvalue weighted by Crippen LogP contribution is 2.43. The minimum atomic E-state index is 1.12. The van der Waals surface area contributed by atoms with Crippen LogP contribution >= 0.6 is 0 Å². The number of hydrogen-bond acceptors (Lipinski definition) is 1. The van der Waals surface area contributed by atoms with Crippen LogP contribution in [0.2, 0.25) is 0 Å². The Balaban J connectivity index is 0.960. The first kappa shape index (κ1) is 30.3. The van der Waals surface area contributed by atoms with Gasteiger partial charge in [-0.15, -0.1) is 0 Å². The van der Waals surface area contributed by atoms with Gasteiger partial charge in [0, 0.05) is 16.8 Å². The van der Waals surface area contributed by atoms with Crippen LogP contribution in [0.15, 0.2) is 200 Å². The van der Waals surface area contributed by atoms with Gasteiger partial charge >= 0.3 is 0 Å². The van der Waals surface area contributed by atoms with Crippen molar-refractivity contribution in [3.8, 4) is 22.3 Å². The number of rotatable bonds is 5. The summed E-state index contributed by atoms with van der Waals surface area (Å²) in [5.41, 5.74) is 8.26. The smallest absolute Gasteiger partial charge is 0.0540 e. The van der Waals surface area contributed by atoms with E-state index in [-0.39, 0.29) is 0 Å². The van der Waals surface area contributed by atoms with Crippen molar-refractivity contribution in [3.63, 3.8) is 0 Å². The molecule has 0 bridgehead atoms. The van der Waals surface area contributed by atoms with Gasteiger partial charge in [0.2, 0.25) is 0 Å². The van der Waals surface area contributed by atoms with Gasteiger partial charge in [-0.3, -0.25) is 0 Å². The number of anilines is 3. The third-order valence-corrected chi connectivity index (χ3v) is 11.9. The van der Waals surface area contributed by atoms with E-state index in [2.05, 4.69) is 205 Å². The highest BCUT2D eigenvalue weighted by Gasteiger charge is 2.17. The predicted molar refractivity (Wildman–Crippen MR) is 237 cm³/mol. The molecule has 0 atom stereocenters. The number of benzene rings is 12. The fourth-order valence-corrected chi connectivity index (χ4v) is 9.28. The topological polar surface area (TPSA) is 3.24 Å². The van der Waals surface area contributed by atoms with Crippen LogP contribution in [0.1, 0.15) is 0 Å². The molecule has 0 saturated carbocycles. The molecule has 0 aliphatic carbocycles. The third-order valence-electron chi connectivity index (χ3n) is 11.9. The summed E-state index contributed by atoms with van der Waals surface area (Å²) in [5.74, 6) is 0. The van der Waals surface area contributed by atoms with Crippen LogP contribution in [-0.2, 0) is 0 Å². The minimum Gasteiger partial charge on any atom is -0.310 e. The maximum absolute atomic E-state index is 2.40. The Kier molecular flexibility index (Phi) is 6.40. The molecule has 1 heteroatoms. The van der Waals surface area contributed by atoms with Gasteiger partial charge in [-0.25, -0.2) is 0 Å². The zero-order valence-corrected chi connectivity index (χ0v) is 30.0. The van der Waals surface area contributed by atoms with Crippen molar-refractivity contribution in [2.45, 2.75) is 0 Å². The molecule has 0 aliphatic heterocycles. The minimum absolute atomic E-state index is 1.12. The molecule has 12 aromatic carbocycles. The lowest BCUT2D eigenvalue weighted by Gasteiger charge is -2.27. The third kappa shape index (κ3) is 4.67.